The summed E-state index contributed by atoms with van der Waals surface area (Å²) in [5, 5.41) is 11.3. The van der Waals surface area contributed by atoms with Gasteiger partial charge in [-0.25, -0.2) is 14.1 Å². The predicted octanol–water partition coefficient (Wildman–Crippen LogP) is 4.90. The van der Waals surface area contributed by atoms with E-state index in [1.54, 1.807) is 16.8 Å². The molecule has 0 aliphatic rings. The third kappa shape index (κ3) is 3.46. The van der Waals surface area contributed by atoms with Crippen molar-refractivity contribution in [3.05, 3.63) is 65.4 Å². The minimum Gasteiger partial charge on any atom is -0.494 e. The second kappa shape index (κ2) is 7.28. The first kappa shape index (κ1) is 17.4. The number of rotatable bonds is 5. The van der Waals surface area contributed by atoms with Gasteiger partial charge in [-0.3, -0.25) is 0 Å². The Bertz CT molecular complexity index is 1050. The first-order valence-electron chi connectivity index (χ1n) is 8.53. The number of thiazole rings is 1. The van der Waals surface area contributed by atoms with Crippen LogP contribution in [0.25, 0.3) is 27.6 Å². The van der Waals surface area contributed by atoms with E-state index in [1.165, 1.54) is 23.5 Å². The number of aromatic nitrogens is 4. The van der Waals surface area contributed by atoms with Crippen LogP contribution in [0.4, 0.5) is 4.39 Å². The number of hydrogen-bond donors (Lipinski definition) is 0. The van der Waals surface area contributed by atoms with E-state index in [0.717, 1.165) is 39.1 Å². The van der Waals surface area contributed by atoms with E-state index in [1.807, 2.05) is 43.5 Å². The lowest BCUT2D eigenvalue weighted by Crippen LogP contribution is -1.99. The predicted molar refractivity (Wildman–Crippen MR) is 104 cm³/mol. The van der Waals surface area contributed by atoms with E-state index in [9.17, 15) is 4.39 Å². The van der Waals surface area contributed by atoms with Gasteiger partial charge in [0, 0.05) is 10.9 Å². The van der Waals surface area contributed by atoms with Crippen LogP contribution in [0.2, 0.25) is 0 Å². The van der Waals surface area contributed by atoms with Crippen molar-refractivity contribution < 1.29 is 9.13 Å². The maximum absolute atomic E-state index is 13.1. The number of benzene rings is 2. The molecule has 0 spiro atoms. The standard InChI is InChI=1S/C20H17FN4OS/c1-3-26-17-10-4-14(5-11-17)18-12-27-20(22-18)19-13(2)25(24-23-19)16-8-6-15(21)7-9-16/h4-12H,3H2,1-2H3. The molecule has 0 aliphatic heterocycles. The first-order valence-corrected chi connectivity index (χ1v) is 9.41. The fourth-order valence-corrected chi connectivity index (χ4v) is 3.62. The monoisotopic (exact) mass is 380 g/mol. The summed E-state index contributed by atoms with van der Waals surface area (Å²) >= 11 is 1.52. The molecule has 0 fully saturated rings. The molecule has 0 saturated carbocycles. The van der Waals surface area contributed by atoms with Crippen molar-refractivity contribution >= 4 is 11.3 Å². The molecule has 0 unspecified atom stereocenters. The Kier molecular flexibility index (Phi) is 4.68. The van der Waals surface area contributed by atoms with Crippen molar-refractivity contribution in [2.24, 2.45) is 0 Å². The van der Waals surface area contributed by atoms with E-state index in [4.69, 9.17) is 9.72 Å². The van der Waals surface area contributed by atoms with E-state index in [2.05, 4.69) is 10.3 Å². The quantitative estimate of drug-likeness (QED) is 0.494. The van der Waals surface area contributed by atoms with Gasteiger partial charge >= 0.3 is 0 Å². The number of ether oxygens (including phenoxy) is 1. The summed E-state index contributed by atoms with van der Waals surface area (Å²) < 4.78 is 20.3. The summed E-state index contributed by atoms with van der Waals surface area (Å²) in [6, 6.07) is 14.0. The fraction of sp³-hybridized carbons (Fsp3) is 0.150. The highest BCUT2D eigenvalue weighted by molar-refractivity contribution is 7.13. The van der Waals surface area contributed by atoms with Gasteiger partial charge in [-0.15, -0.1) is 16.4 Å². The molecule has 7 heteroatoms. The zero-order valence-corrected chi connectivity index (χ0v) is 15.7. The average Bonchev–Trinajstić information content (AvgIpc) is 3.30. The van der Waals surface area contributed by atoms with Crippen LogP contribution in [-0.4, -0.2) is 26.6 Å². The van der Waals surface area contributed by atoms with Gasteiger partial charge in [0.1, 0.15) is 22.3 Å². The van der Waals surface area contributed by atoms with Crippen molar-refractivity contribution in [3.63, 3.8) is 0 Å². The Morgan fingerprint density at radius 3 is 2.52 bits per heavy atom. The van der Waals surface area contributed by atoms with Gasteiger partial charge in [-0.1, -0.05) is 5.21 Å². The molecule has 0 aliphatic carbocycles. The maximum Gasteiger partial charge on any atom is 0.146 e. The molecule has 27 heavy (non-hydrogen) atoms. The topological polar surface area (TPSA) is 52.8 Å². The lowest BCUT2D eigenvalue weighted by Gasteiger charge is -2.03. The molecule has 2 aromatic carbocycles. The molecule has 0 bridgehead atoms. The molecule has 5 nitrogen and oxygen atoms in total. The summed E-state index contributed by atoms with van der Waals surface area (Å²) in [5.74, 6) is 0.562. The number of hydrogen-bond acceptors (Lipinski definition) is 5. The van der Waals surface area contributed by atoms with Crippen LogP contribution in [0.3, 0.4) is 0 Å². The molecule has 4 aromatic rings. The summed E-state index contributed by atoms with van der Waals surface area (Å²) in [6.07, 6.45) is 0. The van der Waals surface area contributed by atoms with Gasteiger partial charge in [0.25, 0.3) is 0 Å². The normalized spacial score (nSPS) is 10.9. The zero-order chi connectivity index (χ0) is 18.8. The third-order valence-electron chi connectivity index (χ3n) is 4.13. The third-order valence-corrected chi connectivity index (χ3v) is 4.98. The second-order valence-electron chi connectivity index (χ2n) is 5.91. The Balaban J connectivity index is 1.63. The van der Waals surface area contributed by atoms with Gasteiger partial charge in [-0.05, 0) is 62.4 Å². The van der Waals surface area contributed by atoms with Crippen LogP contribution >= 0.6 is 11.3 Å². The van der Waals surface area contributed by atoms with Crippen molar-refractivity contribution in [2.75, 3.05) is 6.61 Å². The molecule has 2 aromatic heterocycles. The first-order chi connectivity index (χ1) is 13.2. The molecular weight excluding hydrogens is 363 g/mol. The van der Waals surface area contributed by atoms with Crippen molar-refractivity contribution in [1.82, 2.24) is 20.0 Å². The molecule has 4 rings (SSSR count). The average molecular weight is 380 g/mol. The van der Waals surface area contributed by atoms with E-state index in [0.29, 0.717) is 6.61 Å². The SMILES string of the molecule is CCOc1ccc(-c2csc(-c3nnn(-c4ccc(F)cc4)c3C)n2)cc1. The van der Waals surface area contributed by atoms with Crippen molar-refractivity contribution in [1.29, 1.82) is 0 Å². The Hall–Kier alpha value is -3.06. The Morgan fingerprint density at radius 2 is 1.81 bits per heavy atom. The lowest BCUT2D eigenvalue weighted by molar-refractivity contribution is 0.340. The fourth-order valence-electron chi connectivity index (χ4n) is 2.76. The smallest absolute Gasteiger partial charge is 0.146 e. The molecule has 0 atom stereocenters. The van der Waals surface area contributed by atoms with Crippen LogP contribution in [0.5, 0.6) is 5.75 Å². The molecule has 0 radical (unpaired) electrons. The molecule has 0 saturated heterocycles. The summed E-state index contributed by atoms with van der Waals surface area (Å²) in [5.41, 5.74) is 4.24. The summed E-state index contributed by atoms with van der Waals surface area (Å²) in [4.78, 5) is 4.71. The lowest BCUT2D eigenvalue weighted by atomic mass is 10.2. The zero-order valence-electron chi connectivity index (χ0n) is 14.9. The van der Waals surface area contributed by atoms with Gasteiger partial charge < -0.3 is 4.74 Å². The second-order valence-corrected chi connectivity index (χ2v) is 6.77. The minimum absolute atomic E-state index is 0.281. The summed E-state index contributed by atoms with van der Waals surface area (Å²) in [6.45, 7) is 4.53. The van der Waals surface area contributed by atoms with Gasteiger partial charge in [-0.2, -0.15) is 0 Å². The Labute approximate surface area is 160 Å². The summed E-state index contributed by atoms with van der Waals surface area (Å²) in [7, 11) is 0. The number of nitrogens with zero attached hydrogens (tertiary/aromatic N) is 4. The van der Waals surface area contributed by atoms with E-state index >= 15 is 0 Å². The maximum atomic E-state index is 13.1. The van der Waals surface area contributed by atoms with Crippen LogP contribution in [0.15, 0.2) is 53.9 Å². The van der Waals surface area contributed by atoms with Gasteiger partial charge in [0.2, 0.25) is 0 Å². The van der Waals surface area contributed by atoms with Crippen LogP contribution in [0.1, 0.15) is 12.6 Å². The Morgan fingerprint density at radius 1 is 1.07 bits per heavy atom. The highest BCUT2D eigenvalue weighted by Gasteiger charge is 2.16. The molecule has 136 valence electrons. The highest BCUT2D eigenvalue weighted by atomic mass is 32.1. The molecular formula is C20H17FN4OS. The molecule has 0 N–H and O–H groups in total. The van der Waals surface area contributed by atoms with E-state index < -0.39 is 0 Å². The molecule has 2 heterocycles. The van der Waals surface area contributed by atoms with Crippen molar-refractivity contribution in [3.8, 4) is 33.4 Å². The van der Waals surface area contributed by atoms with Crippen LogP contribution < -0.4 is 4.74 Å². The minimum atomic E-state index is -0.281. The van der Waals surface area contributed by atoms with Crippen LogP contribution in [-0.2, 0) is 0 Å². The van der Waals surface area contributed by atoms with Crippen molar-refractivity contribution in [2.45, 2.75) is 13.8 Å². The molecule has 0 amide bonds. The highest BCUT2D eigenvalue weighted by Crippen LogP contribution is 2.30. The number of halogens is 1. The van der Waals surface area contributed by atoms with E-state index in [-0.39, 0.29) is 5.82 Å². The van der Waals surface area contributed by atoms with Crippen LogP contribution in [0, 0.1) is 12.7 Å². The van der Waals surface area contributed by atoms with Gasteiger partial charge in [0.15, 0.2) is 0 Å². The largest absolute Gasteiger partial charge is 0.494 e. The van der Waals surface area contributed by atoms with Gasteiger partial charge in [0.05, 0.1) is 23.7 Å².